The van der Waals surface area contributed by atoms with Crippen molar-refractivity contribution in [2.45, 2.75) is 45.2 Å². The normalized spacial score (nSPS) is 21.1. The van der Waals surface area contributed by atoms with Gasteiger partial charge in [-0.1, -0.05) is 13.8 Å². The van der Waals surface area contributed by atoms with Gasteiger partial charge in [-0.3, -0.25) is 4.79 Å². The number of likely N-dealkylation sites (N-methyl/N-ethyl adjacent to an activating group) is 1. The van der Waals surface area contributed by atoms with Crippen LogP contribution in [0.4, 0.5) is 4.79 Å². The lowest BCUT2D eigenvalue weighted by atomic mass is 10.0. The molecule has 0 radical (unpaired) electrons. The summed E-state index contributed by atoms with van der Waals surface area (Å²) in [4.78, 5) is 27.0. The molecule has 0 aromatic heterocycles. The quantitative estimate of drug-likeness (QED) is 0.796. The summed E-state index contributed by atoms with van der Waals surface area (Å²) in [6, 6.07) is -0.0808. The van der Waals surface area contributed by atoms with Crippen molar-refractivity contribution < 1.29 is 14.7 Å². The lowest BCUT2D eigenvalue weighted by Gasteiger charge is -2.37. The van der Waals surface area contributed by atoms with E-state index in [1.807, 2.05) is 27.9 Å². The van der Waals surface area contributed by atoms with E-state index in [1.165, 1.54) is 0 Å². The maximum Gasteiger partial charge on any atom is 0.317 e. The molecule has 0 saturated carbocycles. The van der Waals surface area contributed by atoms with Crippen LogP contribution in [0.15, 0.2) is 0 Å². The van der Waals surface area contributed by atoms with E-state index in [2.05, 4.69) is 10.2 Å². The standard InChI is InChI=1S/C14H27N3O3/c1-10(2)12(8-13(18)19)15-14(20)17-7-5-6-11(9-17)16(3)4/h10-12H,5-9H2,1-4H3,(H,15,20)(H,18,19). The lowest BCUT2D eigenvalue weighted by Crippen LogP contribution is -2.53. The van der Waals surface area contributed by atoms with Crippen molar-refractivity contribution in [1.29, 1.82) is 0 Å². The first-order chi connectivity index (χ1) is 9.31. The van der Waals surface area contributed by atoms with E-state index >= 15 is 0 Å². The third kappa shape index (κ3) is 5.00. The summed E-state index contributed by atoms with van der Waals surface area (Å²) in [7, 11) is 4.04. The Morgan fingerprint density at radius 2 is 2.05 bits per heavy atom. The Hall–Kier alpha value is -1.30. The van der Waals surface area contributed by atoms with Gasteiger partial charge in [0.25, 0.3) is 0 Å². The number of carbonyl (C=O) groups is 2. The number of carboxylic acid groups (broad SMARTS) is 1. The summed E-state index contributed by atoms with van der Waals surface area (Å²) in [6.45, 7) is 5.30. The van der Waals surface area contributed by atoms with Crippen molar-refractivity contribution in [3.8, 4) is 0 Å². The van der Waals surface area contributed by atoms with Crippen molar-refractivity contribution in [3.63, 3.8) is 0 Å². The molecule has 2 amide bonds. The van der Waals surface area contributed by atoms with Gasteiger partial charge in [-0.2, -0.15) is 0 Å². The van der Waals surface area contributed by atoms with Crippen LogP contribution in [0.25, 0.3) is 0 Å². The maximum absolute atomic E-state index is 12.3. The zero-order valence-corrected chi connectivity index (χ0v) is 12.9. The summed E-state index contributed by atoms with van der Waals surface area (Å²) in [5.74, 6) is -0.779. The van der Waals surface area contributed by atoms with Gasteiger partial charge in [-0.05, 0) is 32.9 Å². The van der Waals surface area contributed by atoms with Crippen LogP contribution < -0.4 is 5.32 Å². The highest BCUT2D eigenvalue weighted by Gasteiger charge is 2.27. The predicted molar refractivity (Wildman–Crippen MR) is 77.7 cm³/mol. The van der Waals surface area contributed by atoms with Crippen LogP contribution in [-0.2, 0) is 4.79 Å². The second-order valence-corrected chi connectivity index (χ2v) is 6.10. The molecule has 6 heteroatoms. The average Bonchev–Trinajstić information content (AvgIpc) is 2.37. The van der Waals surface area contributed by atoms with Gasteiger partial charge < -0.3 is 20.2 Å². The van der Waals surface area contributed by atoms with Gasteiger partial charge >= 0.3 is 12.0 Å². The molecule has 1 aliphatic heterocycles. The van der Waals surface area contributed by atoms with E-state index in [1.54, 1.807) is 4.90 Å². The summed E-state index contributed by atoms with van der Waals surface area (Å²) in [5.41, 5.74) is 0. The number of hydrogen-bond acceptors (Lipinski definition) is 3. The molecular formula is C14H27N3O3. The first-order valence-corrected chi connectivity index (χ1v) is 7.25. The van der Waals surface area contributed by atoms with E-state index in [9.17, 15) is 9.59 Å². The topological polar surface area (TPSA) is 72.9 Å². The maximum atomic E-state index is 12.3. The predicted octanol–water partition coefficient (Wildman–Crippen LogP) is 1.22. The molecule has 0 bridgehead atoms. The highest BCUT2D eigenvalue weighted by atomic mass is 16.4. The van der Waals surface area contributed by atoms with E-state index in [0.717, 1.165) is 19.4 Å². The minimum Gasteiger partial charge on any atom is -0.481 e. The number of carboxylic acids is 1. The Labute approximate surface area is 121 Å². The van der Waals surface area contributed by atoms with Gasteiger partial charge in [0, 0.05) is 25.2 Å². The van der Waals surface area contributed by atoms with Crippen molar-refractivity contribution in [2.75, 3.05) is 27.2 Å². The third-order valence-corrected chi connectivity index (χ3v) is 3.92. The van der Waals surface area contributed by atoms with Gasteiger partial charge in [0.05, 0.1) is 6.42 Å². The number of aliphatic carboxylic acids is 1. The highest BCUT2D eigenvalue weighted by molar-refractivity contribution is 5.76. The van der Waals surface area contributed by atoms with Crippen molar-refractivity contribution in [1.82, 2.24) is 15.1 Å². The fourth-order valence-electron chi connectivity index (χ4n) is 2.45. The first-order valence-electron chi connectivity index (χ1n) is 7.25. The van der Waals surface area contributed by atoms with E-state index in [-0.39, 0.29) is 24.4 Å². The zero-order chi connectivity index (χ0) is 15.3. The average molecular weight is 285 g/mol. The molecule has 1 heterocycles. The van der Waals surface area contributed by atoms with E-state index < -0.39 is 5.97 Å². The van der Waals surface area contributed by atoms with Crippen molar-refractivity contribution in [3.05, 3.63) is 0 Å². The number of rotatable bonds is 5. The number of piperidine rings is 1. The van der Waals surface area contributed by atoms with Gasteiger partial charge in [-0.25, -0.2) is 4.79 Å². The first kappa shape index (κ1) is 16.8. The molecule has 2 unspecified atom stereocenters. The summed E-state index contributed by atoms with van der Waals surface area (Å²) in [5, 5.41) is 11.8. The van der Waals surface area contributed by atoms with Gasteiger partial charge in [0.1, 0.15) is 0 Å². The Bertz CT molecular complexity index is 345. The van der Waals surface area contributed by atoms with Gasteiger partial charge in [-0.15, -0.1) is 0 Å². The number of urea groups is 1. The molecule has 116 valence electrons. The number of carbonyl (C=O) groups excluding carboxylic acids is 1. The smallest absolute Gasteiger partial charge is 0.317 e. The molecular weight excluding hydrogens is 258 g/mol. The molecule has 1 aliphatic rings. The SMILES string of the molecule is CC(C)C(CC(=O)O)NC(=O)N1CCCC(N(C)C)C1. The number of hydrogen-bond donors (Lipinski definition) is 2. The Morgan fingerprint density at radius 1 is 1.40 bits per heavy atom. The van der Waals surface area contributed by atoms with Crippen LogP contribution in [0.3, 0.4) is 0 Å². The number of amides is 2. The van der Waals surface area contributed by atoms with Crippen LogP contribution >= 0.6 is 0 Å². The largest absolute Gasteiger partial charge is 0.481 e. The number of nitrogens with zero attached hydrogens (tertiary/aromatic N) is 2. The fraction of sp³-hybridized carbons (Fsp3) is 0.857. The molecule has 1 rings (SSSR count). The summed E-state index contributed by atoms with van der Waals surface area (Å²) < 4.78 is 0. The molecule has 6 nitrogen and oxygen atoms in total. The molecule has 1 saturated heterocycles. The van der Waals surface area contributed by atoms with Crippen LogP contribution in [0, 0.1) is 5.92 Å². The molecule has 20 heavy (non-hydrogen) atoms. The molecule has 0 aromatic rings. The Balaban J connectivity index is 2.57. The minimum absolute atomic E-state index is 0.0334. The van der Waals surface area contributed by atoms with Crippen LogP contribution in [-0.4, -0.2) is 66.2 Å². The molecule has 2 atom stereocenters. The van der Waals surface area contributed by atoms with Gasteiger partial charge in [0.15, 0.2) is 0 Å². The molecule has 0 aromatic carbocycles. The lowest BCUT2D eigenvalue weighted by molar-refractivity contribution is -0.137. The monoisotopic (exact) mass is 285 g/mol. The van der Waals surface area contributed by atoms with Crippen LogP contribution in [0.5, 0.6) is 0 Å². The Kier molecular flexibility index (Phi) is 6.26. The fourth-order valence-corrected chi connectivity index (χ4v) is 2.45. The molecule has 0 spiro atoms. The molecule has 0 aliphatic carbocycles. The van der Waals surface area contributed by atoms with E-state index in [4.69, 9.17) is 5.11 Å². The van der Waals surface area contributed by atoms with Crippen molar-refractivity contribution >= 4 is 12.0 Å². The van der Waals surface area contributed by atoms with Crippen molar-refractivity contribution in [2.24, 2.45) is 5.92 Å². The molecule has 1 fully saturated rings. The Morgan fingerprint density at radius 3 is 2.55 bits per heavy atom. The summed E-state index contributed by atoms with van der Waals surface area (Å²) in [6.07, 6.45) is 2.05. The number of likely N-dealkylation sites (tertiary alicyclic amines) is 1. The minimum atomic E-state index is -0.881. The molecule has 2 N–H and O–H groups in total. The second-order valence-electron chi connectivity index (χ2n) is 6.10. The van der Waals surface area contributed by atoms with E-state index in [0.29, 0.717) is 12.6 Å². The summed E-state index contributed by atoms with van der Waals surface area (Å²) >= 11 is 0. The third-order valence-electron chi connectivity index (χ3n) is 3.92. The highest BCUT2D eigenvalue weighted by Crippen LogP contribution is 2.15. The van der Waals surface area contributed by atoms with Gasteiger partial charge in [0.2, 0.25) is 0 Å². The zero-order valence-electron chi connectivity index (χ0n) is 12.9. The van der Waals surface area contributed by atoms with Crippen LogP contribution in [0.1, 0.15) is 33.1 Å². The second kappa shape index (κ2) is 7.47. The van der Waals surface area contributed by atoms with Crippen LogP contribution in [0.2, 0.25) is 0 Å². The number of nitrogens with one attached hydrogen (secondary N) is 1.